The Hall–Kier alpha value is 0.394. The second-order valence-electron chi connectivity index (χ2n) is 6.20. The van der Waals surface area contributed by atoms with Crippen LogP contribution in [0, 0.1) is 11.8 Å². The van der Waals surface area contributed by atoms with Gasteiger partial charge in [-0.3, -0.25) is 0 Å². The van der Waals surface area contributed by atoms with Crippen molar-refractivity contribution in [3.63, 3.8) is 0 Å². The van der Waals surface area contributed by atoms with Crippen molar-refractivity contribution in [3.05, 3.63) is 0 Å². The smallest absolute Gasteiger partial charge is 0.122 e. The number of nitrogens with zero attached hydrogens (tertiary/aromatic N) is 1. The van der Waals surface area contributed by atoms with Crippen molar-refractivity contribution < 1.29 is 0 Å². The average molecular weight is 245 g/mol. The second kappa shape index (κ2) is 6.21. The van der Waals surface area contributed by atoms with E-state index in [1.54, 1.807) is 0 Å². The van der Waals surface area contributed by atoms with Gasteiger partial charge >= 0.3 is 0 Å². The summed E-state index contributed by atoms with van der Waals surface area (Å²) in [5.41, 5.74) is 0. The molecule has 0 aromatic carbocycles. The number of rotatable bonds is 6. The van der Waals surface area contributed by atoms with Gasteiger partial charge in [0.15, 0.2) is 0 Å². The molecule has 0 aliphatic rings. The molecule has 0 aromatic rings. The predicted octanol–water partition coefficient (Wildman–Crippen LogP) is 4.06. The Labute approximate surface area is 100 Å². The molecule has 0 rings (SSSR count). The Balaban J connectivity index is 4.67. The summed E-state index contributed by atoms with van der Waals surface area (Å²) >= 11 is 0. The van der Waals surface area contributed by atoms with Gasteiger partial charge in [-0.2, -0.15) is 0 Å². The maximum Gasteiger partial charge on any atom is 0.122 e. The van der Waals surface area contributed by atoms with Crippen LogP contribution in [0.25, 0.3) is 0 Å². The van der Waals surface area contributed by atoms with Gasteiger partial charge in [-0.1, -0.05) is 47.3 Å². The lowest BCUT2D eigenvalue weighted by atomic mass is 10.3. The molecule has 0 spiro atoms. The molecule has 0 aromatic heterocycles. The molecule has 1 radical (unpaired) electrons. The van der Waals surface area contributed by atoms with Crippen LogP contribution in [0.5, 0.6) is 0 Å². The van der Waals surface area contributed by atoms with Crippen molar-refractivity contribution in [1.82, 2.24) is 4.23 Å². The molecule has 91 valence electrons. The zero-order valence-corrected chi connectivity index (χ0v) is 14.0. The highest BCUT2D eigenvalue weighted by Crippen LogP contribution is 2.28. The molecular formula is C12H30NSi2. The summed E-state index contributed by atoms with van der Waals surface area (Å²) in [6.45, 7) is 16.9. The van der Waals surface area contributed by atoms with Crippen LogP contribution in [0.3, 0.4) is 0 Å². The van der Waals surface area contributed by atoms with Crippen molar-refractivity contribution in [3.8, 4) is 0 Å². The molecule has 0 saturated heterocycles. The van der Waals surface area contributed by atoms with Gasteiger partial charge in [0.1, 0.15) is 17.2 Å². The van der Waals surface area contributed by atoms with E-state index in [9.17, 15) is 0 Å². The lowest BCUT2D eigenvalue weighted by Crippen LogP contribution is -2.55. The first-order chi connectivity index (χ1) is 6.69. The zero-order valence-electron chi connectivity index (χ0n) is 12.0. The summed E-state index contributed by atoms with van der Waals surface area (Å²) in [7, 11) is 0.953. The van der Waals surface area contributed by atoms with Gasteiger partial charge in [0.05, 0.1) is 0 Å². The number of hydrogen-bond donors (Lipinski definition) is 0. The van der Waals surface area contributed by atoms with Gasteiger partial charge in [0.25, 0.3) is 0 Å². The molecule has 0 bridgehead atoms. The quantitative estimate of drug-likeness (QED) is 0.637. The van der Waals surface area contributed by atoms with Crippen LogP contribution in [0.15, 0.2) is 0 Å². The molecule has 0 unspecified atom stereocenters. The van der Waals surface area contributed by atoms with Crippen LogP contribution in [-0.2, 0) is 0 Å². The molecule has 0 atom stereocenters. The van der Waals surface area contributed by atoms with Gasteiger partial charge in [-0.05, 0) is 31.0 Å². The summed E-state index contributed by atoms with van der Waals surface area (Å²) in [5.74, 6) is 1.70. The van der Waals surface area contributed by atoms with Gasteiger partial charge < -0.3 is 4.23 Å². The van der Waals surface area contributed by atoms with Crippen LogP contribution in [-0.4, -0.2) is 28.5 Å². The number of hydrogen-bond acceptors (Lipinski definition) is 1. The third-order valence-corrected chi connectivity index (χ3v) is 12.5. The molecule has 0 N–H and O–H groups in total. The van der Waals surface area contributed by atoms with Crippen LogP contribution in [0.1, 0.15) is 27.7 Å². The van der Waals surface area contributed by atoms with Crippen molar-refractivity contribution in [2.45, 2.75) is 59.4 Å². The molecule has 15 heavy (non-hydrogen) atoms. The van der Waals surface area contributed by atoms with Gasteiger partial charge in [0, 0.05) is 0 Å². The Bertz CT molecular complexity index is 168. The zero-order chi connectivity index (χ0) is 12.2. The lowest BCUT2D eigenvalue weighted by molar-refractivity contribution is 0.621. The largest absolute Gasteiger partial charge is 0.349 e. The van der Waals surface area contributed by atoms with Crippen molar-refractivity contribution in [2.75, 3.05) is 7.05 Å². The van der Waals surface area contributed by atoms with Crippen LogP contribution in [0.2, 0.25) is 31.7 Å². The van der Waals surface area contributed by atoms with E-state index in [1.807, 2.05) is 0 Å². The Morgan fingerprint density at radius 2 is 1.33 bits per heavy atom. The van der Waals surface area contributed by atoms with E-state index >= 15 is 0 Å². The molecular weight excluding hydrogens is 214 g/mol. The first-order valence-corrected chi connectivity index (χ1v) is 11.5. The van der Waals surface area contributed by atoms with E-state index in [0.717, 1.165) is 11.8 Å². The second-order valence-corrected chi connectivity index (χ2v) is 13.7. The van der Waals surface area contributed by atoms with E-state index in [2.05, 4.69) is 58.6 Å². The van der Waals surface area contributed by atoms with E-state index < -0.39 is 8.24 Å². The Kier molecular flexibility index (Phi) is 6.37. The summed E-state index contributed by atoms with van der Waals surface area (Å²) in [6, 6.07) is 2.91. The molecule has 1 nitrogen and oxygen atoms in total. The average Bonchev–Trinajstić information content (AvgIpc) is 1.99. The summed E-state index contributed by atoms with van der Waals surface area (Å²) in [5, 5.41) is 0. The minimum absolute atomic E-state index is 0.264. The first-order valence-electron chi connectivity index (χ1n) is 6.23. The standard InChI is InChI=1S/C12H30NSi2/c1-11(2)9-15(8,10-12(3)4)13(5)14(6)7/h11-12H,9-10H2,1-8H3. The van der Waals surface area contributed by atoms with E-state index in [0.29, 0.717) is 0 Å². The Morgan fingerprint density at radius 1 is 1.00 bits per heavy atom. The van der Waals surface area contributed by atoms with E-state index in [4.69, 9.17) is 0 Å². The Morgan fingerprint density at radius 3 is 1.53 bits per heavy atom. The summed E-state index contributed by atoms with van der Waals surface area (Å²) in [6.07, 6.45) is 0. The molecule has 0 aliphatic carbocycles. The molecule has 0 amide bonds. The summed E-state index contributed by atoms with van der Waals surface area (Å²) in [4.78, 5) is 0. The fourth-order valence-corrected chi connectivity index (χ4v) is 11.8. The maximum atomic E-state index is 2.79. The van der Waals surface area contributed by atoms with Crippen molar-refractivity contribution in [2.24, 2.45) is 11.8 Å². The molecule has 0 saturated carbocycles. The van der Waals surface area contributed by atoms with Crippen molar-refractivity contribution >= 4 is 17.2 Å². The highest BCUT2D eigenvalue weighted by atomic mass is 28.4. The SMILES string of the molecule is CC(C)C[Si](C)(CC(C)C)N(C)[Si](C)C. The van der Waals surface area contributed by atoms with Crippen molar-refractivity contribution in [1.29, 1.82) is 0 Å². The minimum atomic E-state index is -1.16. The third-order valence-electron chi connectivity index (χ3n) is 3.18. The molecule has 0 fully saturated rings. The topological polar surface area (TPSA) is 3.24 Å². The highest BCUT2D eigenvalue weighted by molar-refractivity contribution is 6.84. The lowest BCUT2D eigenvalue weighted by Gasteiger charge is -2.42. The van der Waals surface area contributed by atoms with Gasteiger partial charge in [-0.15, -0.1) is 0 Å². The molecule has 0 aliphatic heterocycles. The minimum Gasteiger partial charge on any atom is -0.349 e. The van der Waals surface area contributed by atoms with Gasteiger partial charge in [0.2, 0.25) is 0 Å². The van der Waals surface area contributed by atoms with E-state index in [1.165, 1.54) is 12.1 Å². The van der Waals surface area contributed by atoms with Gasteiger partial charge in [-0.25, -0.2) is 0 Å². The fourth-order valence-electron chi connectivity index (χ4n) is 2.66. The first kappa shape index (κ1) is 15.4. The van der Waals surface area contributed by atoms with Crippen LogP contribution >= 0.6 is 0 Å². The summed E-state index contributed by atoms with van der Waals surface area (Å²) < 4.78 is 2.79. The fraction of sp³-hybridized carbons (Fsp3) is 1.00. The maximum absolute atomic E-state index is 2.79. The monoisotopic (exact) mass is 244 g/mol. The van der Waals surface area contributed by atoms with Crippen LogP contribution in [0.4, 0.5) is 0 Å². The highest BCUT2D eigenvalue weighted by Gasteiger charge is 2.35. The third kappa shape index (κ3) is 5.32. The normalized spacial score (nSPS) is 13.6. The van der Waals surface area contributed by atoms with Crippen LogP contribution < -0.4 is 0 Å². The molecule has 3 heteroatoms. The van der Waals surface area contributed by atoms with E-state index in [-0.39, 0.29) is 8.96 Å². The molecule has 0 heterocycles. The predicted molar refractivity (Wildman–Crippen MR) is 76.2 cm³/mol.